The number of carbonyl (C=O) groups is 1. The second kappa shape index (κ2) is 6.12. The molecule has 0 aliphatic heterocycles. The van der Waals surface area contributed by atoms with E-state index in [1.54, 1.807) is 0 Å². The smallest absolute Gasteiger partial charge is 0.228 e. The quantitative estimate of drug-likeness (QED) is 0.883. The van der Waals surface area contributed by atoms with E-state index in [0.29, 0.717) is 11.7 Å². The lowest BCUT2D eigenvalue weighted by Gasteiger charge is -2.09. The summed E-state index contributed by atoms with van der Waals surface area (Å²) in [5, 5.41) is 3.56. The zero-order valence-corrected chi connectivity index (χ0v) is 12.1. The van der Waals surface area contributed by atoms with Gasteiger partial charge in [-0.2, -0.15) is 0 Å². The molecule has 0 aliphatic rings. The van der Waals surface area contributed by atoms with Gasteiger partial charge in [0.25, 0.3) is 0 Å². The molecule has 1 aromatic carbocycles. The van der Waals surface area contributed by atoms with Crippen molar-refractivity contribution < 1.29 is 4.79 Å². The number of carbonyl (C=O) groups excluding carboxylic acids is 1. The lowest BCUT2D eigenvalue weighted by molar-refractivity contribution is -0.119. The average Bonchev–Trinajstić information content (AvgIpc) is 2.77. The first-order valence-electron chi connectivity index (χ1n) is 6.48. The van der Waals surface area contributed by atoms with Crippen LogP contribution in [0, 0.1) is 12.8 Å². The first-order chi connectivity index (χ1) is 9.10. The predicted octanol–water partition coefficient (Wildman–Crippen LogP) is 2.92. The maximum absolute atomic E-state index is 12.0. The van der Waals surface area contributed by atoms with Crippen LogP contribution in [0.4, 0.5) is 5.13 Å². The predicted molar refractivity (Wildman–Crippen MR) is 80.4 cm³/mol. The Morgan fingerprint density at radius 2 is 2.32 bits per heavy atom. The number of benzene rings is 1. The Kier molecular flexibility index (Phi) is 4.50. The number of nitrogens with zero attached hydrogens (tertiary/aromatic N) is 1. The second-order valence-electron chi connectivity index (χ2n) is 4.81. The maximum atomic E-state index is 12.0. The van der Waals surface area contributed by atoms with Crippen LogP contribution in [0.1, 0.15) is 25.3 Å². The van der Waals surface area contributed by atoms with Gasteiger partial charge in [-0.3, -0.25) is 4.79 Å². The van der Waals surface area contributed by atoms with Gasteiger partial charge in [-0.1, -0.05) is 24.3 Å². The van der Waals surface area contributed by atoms with E-state index in [0.717, 1.165) is 23.1 Å². The first-order valence-corrected chi connectivity index (χ1v) is 7.30. The molecule has 2 aromatic rings. The van der Waals surface area contributed by atoms with Crippen molar-refractivity contribution in [2.24, 2.45) is 11.7 Å². The third-order valence-corrected chi connectivity index (χ3v) is 4.00. The fraction of sp³-hybridized carbons (Fsp3) is 0.429. The number of hydrogen-bond donors (Lipinski definition) is 2. The highest BCUT2D eigenvalue weighted by Gasteiger charge is 2.14. The number of nitrogens with two attached hydrogens (primary N) is 1. The molecule has 0 radical (unpaired) electrons. The molecule has 5 heteroatoms. The number of fused-ring (bicyclic) bond motifs is 1. The number of hydrogen-bond acceptors (Lipinski definition) is 4. The number of rotatable bonds is 5. The molecule has 19 heavy (non-hydrogen) atoms. The van der Waals surface area contributed by atoms with Gasteiger partial charge >= 0.3 is 0 Å². The summed E-state index contributed by atoms with van der Waals surface area (Å²) in [5.74, 6) is -0.0125. The minimum atomic E-state index is -0.0303. The molecule has 1 unspecified atom stereocenters. The van der Waals surface area contributed by atoms with Crippen molar-refractivity contribution in [2.45, 2.75) is 26.7 Å². The molecule has 0 saturated heterocycles. The van der Waals surface area contributed by atoms with E-state index in [9.17, 15) is 4.79 Å². The van der Waals surface area contributed by atoms with Gasteiger partial charge in [0.05, 0.1) is 10.2 Å². The monoisotopic (exact) mass is 277 g/mol. The second-order valence-corrected chi connectivity index (χ2v) is 5.84. The summed E-state index contributed by atoms with van der Waals surface area (Å²) in [7, 11) is 0. The van der Waals surface area contributed by atoms with Crippen molar-refractivity contribution >= 4 is 32.6 Å². The summed E-state index contributed by atoms with van der Waals surface area (Å²) in [4.78, 5) is 16.4. The SMILES string of the molecule is Cc1ccc2nc(NC(=O)C(C)CCCN)sc2c1. The van der Waals surface area contributed by atoms with Gasteiger partial charge < -0.3 is 11.1 Å². The van der Waals surface area contributed by atoms with Gasteiger partial charge in [-0.05, 0) is 44.0 Å². The van der Waals surface area contributed by atoms with Crippen LogP contribution in [-0.2, 0) is 4.79 Å². The molecule has 1 amide bonds. The highest BCUT2D eigenvalue weighted by molar-refractivity contribution is 7.22. The van der Waals surface area contributed by atoms with Crippen LogP contribution in [0.5, 0.6) is 0 Å². The standard InChI is InChI=1S/C14H19N3OS/c1-9-5-6-11-12(8-9)19-14(16-11)17-13(18)10(2)4-3-7-15/h5-6,8,10H,3-4,7,15H2,1-2H3,(H,16,17,18). The van der Waals surface area contributed by atoms with Gasteiger partial charge in [0.1, 0.15) is 0 Å². The van der Waals surface area contributed by atoms with E-state index >= 15 is 0 Å². The van der Waals surface area contributed by atoms with Crippen LogP contribution in [0.25, 0.3) is 10.2 Å². The Morgan fingerprint density at radius 3 is 3.05 bits per heavy atom. The summed E-state index contributed by atoms with van der Waals surface area (Å²) < 4.78 is 1.10. The normalized spacial score (nSPS) is 12.6. The van der Waals surface area contributed by atoms with Crippen LogP contribution in [0.2, 0.25) is 0 Å². The molecule has 0 bridgehead atoms. The average molecular weight is 277 g/mol. The van der Waals surface area contributed by atoms with Crippen molar-refractivity contribution in [3.8, 4) is 0 Å². The minimum absolute atomic E-state index is 0.0178. The molecule has 102 valence electrons. The molecule has 0 saturated carbocycles. The number of thiazole rings is 1. The number of nitrogens with one attached hydrogen (secondary N) is 1. The largest absolute Gasteiger partial charge is 0.330 e. The highest BCUT2D eigenvalue weighted by Crippen LogP contribution is 2.27. The fourth-order valence-electron chi connectivity index (χ4n) is 1.87. The highest BCUT2D eigenvalue weighted by atomic mass is 32.1. The zero-order valence-electron chi connectivity index (χ0n) is 11.3. The van der Waals surface area contributed by atoms with E-state index in [4.69, 9.17) is 5.73 Å². The summed E-state index contributed by atoms with van der Waals surface area (Å²) in [6.45, 7) is 4.59. The van der Waals surface area contributed by atoms with Crippen molar-refractivity contribution in [1.82, 2.24) is 4.98 Å². The van der Waals surface area contributed by atoms with Crippen LogP contribution in [0.15, 0.2) is 18.2 Å². The molecule has 2 rings (SSSR count). The lowest BCUT2D eigenvalue weighted by atomic mass is 10.1. The van der Waals surface area contributed by atoms with E-state index in [1.165, 1.54) is 16.9 Å². The molecule has 0 aliphatic carbocycles. The molecular formula is C14H19N3OS. The van der Waals surface area contributed by atoms with E-state index < -0.39 is 0 Å². The number of anilines is 1. The Hall–Kier alpha value is -1.46. The van der Waals surface area contributed by atoms with Crippen LogP contribution in [0.3, 0.4) is 0 Å². The van der Waals surface area contributed by atoms with E-state index in [2.05, 4.69) is 16.4 Å². The Morgan fingerprint density at radius 1 is 1.53 bits per heavy atom. The first kappa shape index (κ1) is 14.0. The lowest BCUT2D eigenvalue weighted by Crippen LogP contribution is -2.21. The third kappa shape index (κ3) is 3.52. The molecule has 0 fully saturated rings. The molecule has 1 atom stereocenters. The van der Waals surface area contributed by atoms with E-state index in [-0.39, 0.29) is 11.8 Å². The molecular weight excluding hydrogens is 258 g/mol. The van der Waals surface area contributed by atoms with Crippen molar-refractivity contribution in [1.29, 1.82) is 0 Å². The van der Waals surface area contributed by atoms with Gasteiger partial charge in [0, 0.05) is 5.92 Å². The van der Waals surface area contributed by atoms with Crippen LogP contribution >= 0.6 is 11.3 Å². The molecule has 1 heterocycles. The topological polar surface area (TPSA) is 68.0 Å². The summed E-state index contributed by atoms with van der Waals surface area (Å²) >= 11 is 1.51. The van der Waals surface area contributed by atoms with Crippen LogP contribution < -0.4 is 11.1 Å². The number of amides is 1. The summed E-state index contributed by atoms with van der Waals surface area (Å²) in [6, 6.07) is 6.09. The van der Waals surface area contributed by atoms with E-state index in [1.807, 2.05) is 26.0 Å². The Labute approximate surface area is 117 Å². The fourth-order valence-corrected chi connectivity index (χ4v) is 2.84. The van der Waals surface area contributed by atoms with Crippen molar-refractivity contribution in [3.05, 3.63) is 23.8 Å². The van der Waals surface area contributed by atoms with Gasteiger partial charge in [0.2, 0.25) is 5.91 Å². The van der Waals surface area contributed by atoms with Crippen molar-refractivity contribution in [3.63, 3.8) is 0 Å². The van der Waals surface area contributed by atoms with Gasteiger partial charge in [-0.25, -0.2) is 4.98 Å². The maximum Gasteiger partial charge on any atom is 0.228 e. The zero-order chi connectivity index (χ0) is 13.8. The number of aromatic nitrogens is 1. The van der Waals surface area contributed by atoms with Gasteiger partial charge in [0.15, 0.2) is 5.13 Å². The summed E-state index contributed by atoms with van der Waals surface area (Å²) in [5.41, 5.74) is 7.58. The van der Waals surface area contributed by atoms with Gasteiger partial charge in [-0.15, -0.1) is 0 Å². The Bertz CT molecular complexity index is 579. The third-order valence-electron chi connectivity index (χ3n) is 3.06. The molecule has 0 spiro atoms. The van der Waals surface area contributed by atoms with Crippen LogP contribution in [-0.4, -0.2) is 17.4 Å². The van der Waals surface area contributed by atoms with Crippen molar-refractivity contribution in [2.75, 3.05) is 11.9 Å². The minimum Gasteiger partial charge on any atom is -0.330 e. The molecule has 3 N–H and O–H groups in total. The Balaban J connectivity index is 2.06. The summed E-state index contributed by atoms with van der Waals surface area (Å²) in [6.07, 6.45) is 1.68. The number of aryl methyl sites for hydroxylation is 1. The molecule has 1 aromatic heterocycles. The molecule has 4 nitrogen and oxygen atoms in total.